The maximum absolute atomic E-state index is 13.2. The summed E-state index contributed by atoms with van der Waals surface area (Å²) < 4.78 is 19.0. The molecule has 1 aliphatic rings. The summed E-state index contributed by atoms with van der Waals surface area (Å²) in [6.45, 7) is -0.0156. The van der Waals surface area contributed by atoms with Gasteiger partial charge in [0, 0.05) is 5.02 Å². The maximum Gasteiger partial charge on any atom is 0.293 e. The highest BCUT2D eigenvalue weighted by Crippen LogP contribution is 2.35. The molecule has 3 aromatic carbocycles. The number of ether oxygens (including phenoxy) is 1. The van der Waals surface area contributed by atoms with Crippen molar-refractivity contribution in [3.05, 3.63) is 99.7 Å². The fourth-order valence-corrected chi connectivity index (χ4v) is 3.97. The summed E-state index contributed by atoms with van der Waals surface area (Å²) in [7, 11) is 0. The second kappa shape index (κ2) is 8.73. The molecule has 1 aliphatic heterocycles. The van der Waals surface area contributed by atoms with E-state index >= 15 is 0 Å². The molecule has 3 aromatic rings. The normalized spacial score (nSPS) is 15.1. The van der Waals surface area contributed by atoms with E-state index in [0.29, 0.717) is 22.0 Å². The number of carbonyl (C=O) groups excluding carboxylic acids is 2. The van der Waals surface area contributed by atoms with E-state index in [2.05, 4.69) is 0 Å². The van der Waals surface area contributed by atoms with E-state index < -0.39 is 17.0 Å². The van der Waals surface area contributed by atoms with Crippen LogP contribution in [0.15, 0.2) is 77.7 Å². The van der Waals surface area contributed by atoms with Crippen molar-refractivity contribution in [1.82, 2.24) is 4.90 Å². The first-order chi connectivity index (χ1) is 14.5. The van der Waals surface area contributed by atoms with Crippen molar-refractivity contribution in [1.29, 1.82) is 0 Å². The summed E-state index contributed by atoms with van der Waals surface area (Å²) >= 11 is 6.88. The topological polar surface area (TPSA) is 46.6 Å². The number of carbonyl (C=O) groups is 2. The zero-order chi connectivity index (χ0) is 21.1. The van der Waals surface area contributed by atoms with E-state index in [-0.39, 0.29) is 11.6 Å². The number of imide groups is 1. The number of hydrogen-bond donors (Lipinski definition) is 0. The number of para-hydroxylation sites is 1. The van der Waals surface area contributed by atoms with E-state index in [0.717, 1.165) is 28.3 Å². The SMILES string of the molecule is O=C1S/C(=C\c2cccc(Oc3ccccc3)c2)C(=O)N1Cc1ccc(F)cc1Cl. The second-order valence-electron chi connectivity index (χ2n) is 6.49. The first-order valence-corrected chi connectivity index (χ1v) is 10.2. The molecule has 0 radical (unpaired) electrons. The Balaban J connectivity index is 1.52. The van der Waals surface area contributed by atoms with Crippen LogP contribution in [-0.4, -0.2) is 16.0 Å². The Bertz CT molecular complexity index is 1150. The minimum atomic E-state index is -0.476. The second-order valence-corrected chi connectivity index (χ2v) is 7.89. The van der Waals surface area contributed by atoms with Gasteiger partial charge in [0.1, 0.15) is 17.3 Å². The van der Waals surface area contributed by atoms with Crippen molar-refractivity contribution in [2.45, 2.75) is 6.54 Å². The van der Waals surface area contributed by atoms with Crippen LogP contribution in [0.2, 0.25) is 5.02 Å². The Labute approximate surface area is 181 Å². The van der Waals surface area contributed by atoms with Crippen LogP contribution in [0.5, 0.6) is 11.5 Å². The fourth-order valence-electron chi connectivity index (χ4n) is 2.90. The highest BCUT2D eigenvalue weighted by Gasteiger charge is 2.35. The predicted molar refractivity (Wildman–Crippen MR) is 116 cm³/mol. The van der Waals surface area contributed by atoms with Crippen LogP contribution < -0.4 is 4.74 Å². The first kappa shape index (κ1) is 20.2. The summed E-state index contributed by atoms with van der Waals surface area (Å²) in [4.78, 5) is 26.5. The molecule has 1 heterocycles. The molecular weight excluding hydrogens is 425 g/mol. The highest BCUT2D eigenvalue weighted by atomic mass is 35.5. The summed E-state index contributed by atoms with van der Waals surface area (Å²) in [6.07, 6.45) is 1.65. The number of halogens is 2. The number of benzene rings is 3. The lowest BCUT2D eigenvalue weighted by Gasteiger charge is -2.13. The van der Waals surface area contributed by atoms with Gasteiger partial charge in [0.25, 0.3) is 11.1 Å². The lowest BCUT2D eigenvalue weighted by Crippen LogP contribution is -2.27. The van der Waals surface area contributed by atoms with E-state index in [1.165, 1.54) is 12.1 Å². The molecule has 0 unspecified atom stereocenters. The summed E-state index contributed by atoms with van der Waals surface area (Å²) in [5, 5.41) is -0.230. The van der Waals surface area contributed by atoms with Gasteiger partial charge in [-0.2, -0.15) is 0 Å². The molecule has 0 aromatic heterocycles. The van der Waals surface area contributed by atoms with E-state index in [9.17, 15) is 14.0 Å². The average Bonchev–Trinajstić information content (AvgIpc) is 2.98. The van der Waals surface area contributed by atoms with Gasteiger partial charge in [-0.15, -0.1) is 0 Å². The molecule has 0 atom stereocenters. The minimum Gasteiger partial charge on any atom is -0.457 e. The van der Waals surface area contributed by atoms with Gasteiger partial charge in [-0.05, 0) is 65.4 Å². The third-order valence-electron chi connectivity index (χ3n) is 4.35. The Kier molecular flexibility index (Phi) is 5.88. The van der Waals surface area contributed by atoms with Gasteiger partial charge < -0.3 is 4.74 Å². The van der Waals surface area contributed by atoms with Crippen LogP contribution in [0.3, 0.4) is 0 Å². The Morgan fingerprint density at radius 1 is 0.967 bits per heavy atom. The third kappa shape index (κ3) is 4.56. The molecule has 7 heteroatoms. The van der Waals surface area contributed by atoms with Crippen molar-refractivity contribution in [2.24, 2.45) is 0 Å². The standard InChI is InChI=1S/C23H15ClFNO3S/c24-20-13-17(25)10-9-16(20)14-26-22(27)21(30-23(26)28)12-15-5-4-8-19(11-15)29-18-6-2-1-3-7-18/h1-13H,14H2/b21-12-. The monoisotopic (exact) mass is 439 g/mol. The quantitative estimate of drug-likeness (QED) is 0.425. The van der Waals surface area contributed by atoms with Gasteiger partial charge in [0.05, 0.1) is 11.4 Å². The zero-order valence-electron chi connectivity index (χ0n) is 15.5. The molecule has 30 heavy (non-hydrogen) atoms. The van der Waals surface area contributed by atoms with Gasteiger partial charge in [-0.25, -0.2) is 4.39 Å². The molecule has 1 saturated heterocycles. The van der Waals surface area contributed by atoms with Gasteiger partial charge in [-0.1, -0.05) is 48.0 Å². The number of rotatable bonds is 5. The van der Waals surface area contributed by atoms with Crippen molar-refractivity contribution < 1.29 is 18.7 Å². The average molecular weight is 440 g/mol. The highest BCUT2D eigenvalue weighted by molar-refractivity contribution is 8.18. The molecule has 1 fully saturated rings. The summed E-state index contributed by atoms with van der Waals surface area (Å²) in [6, 6.07) is 20.5. The van der Waals surface area contributed by atoms with Crippen molar-refractivity contribution in [3.8, 4) is 11.5 Å². The lowest BCUT2D eigenvalue weighted by molar-refractivity contribution is -0.123. The van der Waals surface area contributed by atoms with Crippen LogP contribution in [-0.2, 0) is 11.3 Å². The Hall–Kier alpha value is -3.09. The van der Waals surface area contributed by atoms with Crippen LogP contribution in [0.1, 0.15) is 11.1 Å². The molecule has 0 spiro atoms. The van der Waals surface area contributed by atoms with Crippen molar-refractivity contribution in [3.63, 3.8) is 0 Å². The van der Waals surface area contributed by atoms with Gasteiger partial charge >= 0.3 is 0 Å². The molecule has 0 aliphatic carbocycles. The molecule has 2 amide bonds. The van der Waals surface area contributed by atoms with E-state index in [1.807, 2.05) is 48.5 Å². The number of thioether (sulfide) groups is 1. The van der Waals surface area contributed by atoms with Crippen LogP contribution in [0.4, 0.5) is 9.18 Å². The molecule has 4 nitrogen and oxygen atoms in total. The smallest absolute Gasteiger partial charge is 0.293 e. The fraction of sp³-hybridized carbons (Fsp3) is 0.0435. The minimum absolute atomic E-state index is 0.0156. The Morgan fingerprint density at radius 3 is 2.50 bits per heavy atom. The van der Waals surface area contributed by atoms with E-state index in [4.69, 9.17) is 16.3 Å². The zero-order valence-corrected chi connectivity index (χ0v) is 17.1. The van der Waals surface area contributed by atoms with E-state index in [1.54, 1.807) is 12.1 Å². The number of nitrogens with zero attached hydrogens (tertiary/aromatic N) is 1. The summed E-state index contributed by atoms with van der Waals surface area (Å²) in [5.74, 6) is 0.425. The van der Waals surface area contributed by atoms with Crippen LogP contribution in [0, 0.1) is 5.82 Å². The molecule has 0 N–H and O–H groups in total. The van der Waals surface area contributed by atoms with Crippen molar-refractivity contribution in [2.75, 3.05) is 0 Å². The third-order valence-corrected chi connectivity index (χ3v) is 5.61. The molecule has 150 valence electrons. The first-order valence-electron chi connectivity index (χ1n) is 9.02. The Morgan fingerprint density at radius 2 is 1.73 bits per heavy atom. The lowest BCUT2D eigenvalue weighted by atomic mass is 10.2. The molecule has 0 saturated carbocycles. The number of hydrogen-bond acceptors (Lipinski definition) is 4. The van der Waals surface area contributed by atoms with Gasteiger partial charge in [0.2, 0.25) is 0 Å². The number of amides is 2. The largest absolute Gasteiger partial charge is 0.457 e. The van der Waals surface area contributed by atoms with Crippen LogP contribution in [0.25, 0.3) is 6.08 Å². The molecule has 4 rings (SSSR count). The molecular formula is C23H15ClFNO3S. The summed E-state index contributed by atoms with van der Waals surface area (Å²) in [5.41, 5.74) is 1.23. The van der Waals surface area contributed by atoms with Crippen LogP contribution >= 0.6 is 23.4 Å². The maximum atomic E-state index is 13.2. The van der Waals surface area contributed by atoms with Crippen molar-refractivity contribution >= 4 is 40.6 Å². The van der Waals surface area contributed by atoms with Gasteiger partial charge in [0.15, 0.2) is 0 Å². The van der Waals surface area contributed by atoms with Gasteiger partial charge in [-0.3, -0.25) is 14.5 Å². The molecule has 0 bridgehead atoms. The predicted octanol–water partition coefficient (Wildman–Crippen LogP) is 6.51.